The zero-order chi connectivity index (χ0) is 13.2. The standard InChI is InChI=1S/C15H25NOS/c1-13(2)12-16-10-4-5-11-17-14-6-8-15(18-3)9-7-14/h6-9,13,16H,4-5,10-12H2,1-3H3. The number of rotatable bonds is 9. The lowest BCUT2D eigenvalue weighted by Gasteiger charge is -2.08. The average molecular weight is 267 g/mol. The van der Waals surface area contributed by atoms with Crippen molar-refractivity contribution >= 4 is 11.8 Å². The second-order valence-electron chi connectivity index (χ2n) is 4.83. The van der Waals surface area contributed by atoms with Gasteiger partial charge < -0.3 is 10.1 Å². The summed E-state index contributed by atoms with van der Waals surface area (Å²) in [6.07, 6.45) is 4.37. The van der Waals surface area contributed by atoms with E-state index < -0.39 is 0 Å². The van der Waals surface area contributed by atoms with Crippen LogP contribution in [0.1, 0.15) is 26.7 Å². The van der Waals surface area contributed by atoms with Crippen molar-refractivity contribution in [3.8, 4) is 5.75 Å². The van der Waals surface area contributed by atoms with Gasteiger partial charge in [0.05, 0.1) is 6.61 Å². The van der Waals surface area contributed by atoms with E-state index in [2.05, 4.69) is 37.6 Å². The van der Waals surface area contributed by atoms with Gasteiger partial charge in [-0.25, -0.2) is 0 Å². The number of hydrogen-bond acceptors (Lipinski definition) is 3. The van der Waals surface area contributed by atoms with Gasteiger partial charge in [0.15, 0.2) is 0 Å². The predicted molar refractivity (Wildman–Crippen MR) is 80.7 cm³/mol. The lowest BCUT2D eigenvalue weighted by atomic mass is 10.2. The average Bonchev–Trinajstić information content (AvgIpc) is 2.38. The number of ether oxygens (including phenoxy) is 1. The molecule has 1 rings (SSSR count). The van der Waals surface area contributed by atoms with Crippen LogP contribution < -0.4 is 10.1 Å². The molecule has 0 heterocycles. The molecular formula is C15H25NOS. The largest absolute Gasteiger partial charge is 0.494 e. The molecule has 0 atom stereocenters. The molecule has 0 radical (unpaired) electrons. The summed E-state index contributed by atoms with van der Waals surface area (Å²) < 4.78 is 5.70. The Bertz CT molecular complexity index is 311. The van der Waals surface area contributed by atoms with Crippen molar-refractivity contribution in [2.45, 2.75) is 31.6 Å². The van der Waals surface area contributed by atoms with E-state index in [0.29, 0.717) is 0 Å². The molecule has 0 fully saturated rings. The molecule has 0 saturated heterocycles. The van der Waals surface area contributed by atoms with E-state index >= 15 is 0 Å². The quantitative estimate of drug-likeness (QED) is 0.543. The van der Waals surface area contributed by atoms with Gasteiger partial charge in [-0.2, -0.15) is 0 Å². The molecule has 0 bridgehead atoms. The molecule has 0 amide bonds. The summed E-state index contributed by atoms with van der Waals surface area (Å²) in [6, 6.07) is 8.29. The Kier molecular flexibility index (Phi) is 7.94. The van der Waals surface area contributed by atoms with E-state index in [1.165, 1.54) is 11.3 Å². The second-order valence-corrected chi connectivity index (χ2v) is 5.71. The molecule has 0 aliphatic rings. The molecule has 1 aromatic carbocycles. The SMILES string of the molecule is CSc1ccc(OCCCCNCC(C)C)cc1. The van der Waals surface area contributed by atoms with Crippen LogP contribution in [-0.2, 0) is 0 Å². The molecule has 0 aliphatic heterocycles. The minimum atomic E-state index is 0.733. The molecular weight excluding hydrogens is 242 g/mol. The Labute approximate surface area is 116 Å². The molecule has 0 aromatic heterocycles. The fourth-order valence-corrected chi connectivity index (χ4v) is 2.01. The van der Waals surface area contributed by atoms with Crippen molar-refractivity contribution in [1.29, 1.82) is 0 Å². The van der Waals surface area contributed by atoms with Gasteiger partial charge in [0.2, 0.25) is 0 Å². The number of nitrogens with one attached hydrogen (secondary N) is 1. The van der Waals surface area contributed by atoms with Gasteiger partial charge in [0.1, 0.15) is 5.75 Å². The lowest BCUT2D eigenvalue weighted by molar-refractivity contribution is 0.305. The molecule has 102 valence electrons. The summed E-state index contributed by atoms with van der Waals surface area (Å²) in [4.78, 5) is 1.28. The number of hydrogen-bond donors (Lipinski definition) is 1. The highest BCUT2D eigenvalue weighted by molar-refractivity contribution is 7.98. The van der Waals surface area contributed by atoms with Crippen LogP contribution in [0, 0.1) is 5.92 Å². The van der Waals surface area contributed by atoms with Crippen molar-refractivity contribution in [2.75, 3.05) is 26.0 Å². The molecule has 18 heavy (non-hydrogen) atoms. The van der Waals surface area contributed by atoms with E-state index in [9.17, 15) is 0 Å². The Morgan fingerprint density at radius 2 is 1.89 bits per heavy atom. The van der Waals surface area contributed by atoms with Crippen molar-refractivity contribution in [3.05, 3.63) is 24.3 Å². The van der Waals surface area contributed by atoms with Crippen LogP contribution in [0.4, 0.5) is 0 Å². The highest BCUT2D eigenvalue weighted by Crippen LogP contribution is 2.18. The Morgan fingerprint density at radius 3 is 2.50 bits per heavy atom. The molecule has 0 saturated carbocycles. The Balaban J connectivity index is 2.03. The smallest absolute Gasteiger partial charge is 0.119 e. The summed E-state index contributed by atoms with van der Waals surface area (Å²) in [5, 5.41) is 3.44. The van der Waals surface area contributed by atoms with Crippen LogP contribution in [0.25, 0.3) is 0 Å². The van der Waals surface area contributed by atoms with Crippen molar-refractivity contribution in [1.82, 2.24) is 5.32 Å². The van der Waals surface area contributed by atoms with E-state index in [1.54, 1.807) is 11.8 Å². The third kappa shape index (κ3) is 6.92. The third-order valence-corrected chi connectivity index (χ3v) is 3.37. The first kappa shape index (κ1) is 15.4. The second kappa shape index (κ2) is 9.29. The monoisotopic (exact) mass is 267 g/mol. The summed E-state index contributed by atoms with van der Waals surface area (Å²) in [5.41, 5.74) is 0. The van der Waals surface area contributed by atoms with Crippen molar-refractivity contribution in [3.63, 3.8) is 0 Å². The van der Waals surface area contributed by atoms with Crippen molar-refractivity contribution < 1.29 is 4.74 Å². The molecule has 3 heteroatoms. The van der Waals surface area contributed by atoms with E-state index in [1.807, 2.05) is 12.1 Å². The summed E-state index contributed by atoms with van der Waals surface area (Å²) in [6.45, 7) is 7.47. The minimum Gasteiger partial charge on any atom is -0.494 e. The van der Waals surface area contributed by atoms with E-state index in [0.717, 1.165) is 37.8 Å². The van der Waals surface area contributed by atoms with Gasteiger partial charge in [-0.05, 0) is 62.4 Å². The normalized spacial score (nSPS) is 10.9. The summed E-state index contributed by atoms with van der Waals surface area (Å²) in [5.74, 6) is 1.71. The zero-order valence-electron chi connectivity index (χ0n) is 11.7. The van der Waals surface area contributed by atoms with Crippen LogP contribution in [0.5, 0.6) is 5.75 Å². The van der Waals surface area contributed by atoms with Crippen molar-refractivity contribution in [2.24, 2.45) is 5.92 Å². The first-order valence-corrected chi connectivity index (χ1v) is 7.92. The van der Waals surface area contributed by atoms with Gasteiger partial charge in [0.25, 0.3) is 0 Å². The molecule has 2 nitrogen and oxygen atoms in total. The van der Waals surface area contributed by atoms with Crippen LogP contribution in [-0.4, -0.2) is 26.0 Å². The van der Waals surface area contributed by atoms with Gasteiger partial charge in [-0.1, -0.05) is 13.8 Å². The molecule has 0 spiro atoms. The summed E-state index contributed by atoms with van der Waals surface area (Å²) in [7, 11) is 0. The van der Waals surface area contributed by atoms with Gasteiger partial charge in [-0.15, -0.1) is 11.8 Å². The van der Waals surface area contributed by atoms with Crippen LogP contribution in [0.15, 0.2) is 29.2 Å². The van der Waals surface area contributed by atoms with Gasteiger partial charge in [-0.3, -0.25) is 0 Å². The predicted octanol–water partition coefficient (Wildman–Crippen LogP) is 3.81. The maximum Gasteiger partial charge on any atom is 0.119 e. The van der Waals surface area contributed by atoms with Gasteiger partial charge in [0, 0.05) is 4.90 Å². The summed E-state index contributed by atoms with van der Waals surface area (Å²) >= 11 is 1.75. The highest BCUT2D eigenvalue weighted by atomic mass is 32.2. The van der Waals surface area contributed by atoms with Gasteiger partial charge >= 0.3 is 0 Å². The molecule has 1 aromatic rings. The van der Waals surface area contributed by atoms with Crippen LogP contribution >= 0.6 is 11.8 Å². The number of benzene rings is 1. The van der Waals surface area contributed by atoms with E-state index in [-0.39, 0.29) is 0 Å². The topological polar surface area (TPSA) is 21.3 Å². The third-order valence-electron chi connectivity index (χ3n) is 2.63. The molecule has 0 unspecified atom stereocenters. The number of thioether (sulfide) groups is 1. The Hall–Kier alpha value is -0.670. The van der Waals surface area contributed by atoms with Crippen LogP contribution in [0.3, 0.4) is 0 Å². The maximum atomic E-state index is 5.70. The fraction of sp³-hybridized carbons (Fsp3) is 0.600. The molecule has 1 N–H and O–H groups in total. The lowest BCUT2D eigenvalue weighted by Crippen LogP contribution is -2.21. The zero-order valence-corrected chi connectivity index (χ0v) is 12.6. The maximum absolute atomic E-state index is 5.70. The first-order valence-electron chi connectivity index (χ1n) is 6.70. The van der Waals surface area contributed by atoms with E-state index in [4.69, 9.17) is 4.74 Å². The van der Waals surface area contributed by atoms with Crippen LogP contribution in [0.2, 0.25) is 0 Å². The highest BCUT2D eigenvalue weighted by Gasteiger charge is 1.96. The Morgan fingerprint density at radius 1 is 1.17 bits per heavy atom. The minimum absolute atomic E-state index is 0.733. The number of unbranched alkanes of at least 4 members (excludes halogenated alkanes) is 1. The molecule has 0 aliphatic carbocycles. The first-order chi connectivity index (χ1) is 8.72. The fourth-order valence-electron chi connectivity index (χ4n) is 1.60.